The minimum Gasteiger partial charge on any atom is -0.327 e. The summed E-state index contributed by atoms with van der Waals surface area (Å²) in [6.45, 7) is 1.55. The van der Waals surface area contributed by atoms with Gasteiger partial charge < -0.3 is 5.73 Å². The van der Waals surface area contributed by atoms with E-state index >= 15 is 0 Å². The van der Waals surface area contributed by atoms with Crippen LogP contribution >= 0.6 is 0 Å². The van der Waals surface area contributed by atoms with Gasteiger partial charge >= 0.3 is 5.69 Å². The molecule has 0 aliphatic rings. The van der Waals surface area contributed by atoms with Crippen molar-refractivity contribution < 1.29 is 17.7 Å². The van der Waals surface area contributed by atoms with Gasteiger partial charge in [0.15, 0.2) is 9.84 Å². The van der Waals surface area contributed by atoms with Crippen molar-refractivity contribution in [3.05, 3.63) is 39.7 Å². The summed E-state index contributed by atoms with van der Waals surface area (Å²) in [5.74, 6) is -1.65. The molecule has 0 fully saturated rings. The highest BCUT2D eigenvalue weighted by atomic mass is 32.2. The first-order chi connectivity index (χ1) is 8.21. The number of nitrogens with zero attached hydrogens (tertiary/aromatic N) is 1. The molecule has 1 rings (SSSR count). The summed E-state index contributed by atoms with van der Waals surface area (Å²) in [6, 6.07) is 2.51. The lowest BCUT2D eigenvalue weighted by molar-refractivity contribution is -0.387. The second kappa shape index (κ2) is 5.40. The van der Waals surface area contributed by atoms with Crippen LogP contribution in [0.15, 0.2) is 18.2 Å². The van der Waals surface area contributed by atoms with Crippen molar-refractivity contribution in [3.63, 3.8) is 0 Å². The zero-order valence-electron chi connectivity index (χ0n) is 9.67. The fraction of sp³-hybridized carbons (Fsp3) is 0.400. The van der Waals surface area contributed by atoms with Crippen molar-refractivity contribution in [2.75, 3.05) is 5.75 Å². The molecule has 0 bridgehead atoms. The van der Waals surface area contributed by atoms with Crippen LogP contribution in [-0.2, 0) is 15.6 Å². The normalized spacial score (nSPS) is 13.3. The highest BCUT2D eigenvalue weighted by Gasteiger charge is 2.18. The smallest absolute Gasteiger partial charge is 0.304 e. The van der Waals surface area contributed by atoms with Crippen LogP contribution in [0.2, 0.25) is 0 Å². The fourth-order valence-electron chi connectivity index (χ4n) is 1.50. The molecule has 100 valence electrons. The number of hydrogen-bond acceptors (Lipinski definition) is 5. The Labute approximate surface area is 104 Å². The molecule has 0 heterocycles. The lowest BCUT2D eigenvalue weighted by atomic mass is 10.2. The summed E-state index contributed by atoms with van der Waals surface area (Å²) < 4.78 is 36.5. The van der Waals surface area contributed by atoms with E-state index in [1.807, 2.05) is 0 Å². The van der Waals surface area contributed by atoms with Gasteiger partial charge in [0.1, 0.15) is 0 Å². The summed E-state index contributed by atoms with van der Waals surface area (Å²) in [5.41, 5.74) is 4.87. The Kier molecular flexibility index (Phi) is 4.36. The van der Waals surface area contributed by atoms with E-state index in [0.717, 1.165) is 12.1 Å². The second-order valence-electron chi connectivity index (χ2n) is 4.07. The monoisotopic (exact) mass is 276 g/mol. The van der Waals surface area contributed by atoms with Gasteiger partial charge in [0, 0.05) is 12.1 Å². The van der Waals surface area contributed by atoms with Crippen LogP contribution in [0.5, 0.6) is 0 Å². The molecule has 1 unspecified atom stereocenters. The van der Waals surface area contributed by atoms with Crippen molar-refractivity contribution in [1.29, 1.82) is 0 Å². The number of rotatable bonds is 5. The van der Waals surface area contributed by atoms with Gasteiger partial charge in [-0.15, -0.1) is 0 Å². The SMILES string of the molecule is CC(N)CS(=O)(=O)Cc1ccc([N+](=O)[O-])c(F)c1. The minimum atomic E-state index is -3.45. The molecule has 0 saturated carbocycles. The number of nitro groups is 1. The fourth-order valence-corrected chi connectivity index (χ4v) is 3.11. The van der Waals surface area contributed by atoms with Crippen molar-refractivity contribution in [3.8, 4) is 0 Å². The zero-order valence-corrected chi connectivity index (χ0v) is 10.5. The molecule has 8 heteroatoms. The maximum atomic E-state index is 13.3. The molecule has 1 atom stereocenters. The Morgan fingerprint density at radius 2 is 2.11 bits per heavy atom. The Morgan fingerprint density at radius 1 is 1.50 bits per heavy atom. The van der Waals surface area contributed by atoms with Crippen molar-refractivity contribution >= 4 is 15.5 Å². The summed E-state index contributed by atoms with van der Waals surface area (Å²) in [6.07, 6.45) is 0. The van der Waals surface area contributed by atoms with Gasteiger partial charge in [-0.25, -0.2) is 8.42 Å². The van der Waals surface area contributed by atoms with E-state index in [2.05, 4.69) is 0 Å². The van der Waals surface area contributed by atoms with Gasteiger partial charge in [0.2, 0.25) is 5.82 Å². The number of nitrogens with two attached hydrogens (primary N) is 1. The lowest BCUT2D eigenvalue weighted by Gasteiger charge is -2.07. The van der Waals surface area contributed by atoms with Gasteiger partial charge in [0.25, 0.3) is 0 Å². The van der Waals surface area contributed by atoms with Crippen LogP contribution in [0.25, 0.3) is 0 Å². The summed E-state index contributed by atoms with van der Waals surface area (Å²) >= 11 is 0. The summed E-state index contributed by atoms with van der Waals surface area (Å²) in [4.78, 5) is 9.53. The molecule has 1 aromatic carbocycles. The van der Waals surface area contributed by atoms with E-state index in [4.69, 9.17) is 5.73 Å². The van der Waals surface area contributed by atoms with E-state index in [0.29, 0.717) is 0 Å². The van der Waals surface area contributed by atoms with E-state index in [1.54, 1.807) is 6.92 Å². The third kappa shape index (κ3) is 4.04. The molecule has 0 amide bonds. The quantitative estimate of drug-likeness (QED) is 0.638. The van der Waals surface area contributed by atoms with Gasteiger partial charge in [-0.2, -0.15) is 4.39 Å². The van der Waals surface area contributed by atoms with Crippen LogP contribution in [0.4, 0.5) is 10.1 Å². The maximum absolute atomic E-state index is 13.3. The van der Waals surface area contributed by atoms with E-state index in [1.165, 1.54) is 6.07 Å². The van der Waals surface area contributed by atoms with Gasteiger partial charge in [0.05, 0.1) is 16.4 Å². The topological polar surface area (TPSA) is 103 Å². The molecule has 2 N–H and O–H groups in total. The van der Waals surface area contributed by atoms with E-state index in [9.17, 15) is 22.9 Å². The van der Waals surface area contributed by atoms with Crippen molar-refractivity contribution in [1.82, 2.24) is 0 Å². The third-order valence-corrected chi connectivity index (χ3v) is 3.92. The first-order valence-corrected chi connectivity index (χ1v) is 6.92. The van der Waals surface area contributed by atoms with Gasteiger partial charge in [-0.3, -0.25) is 10.1 Å². The van der Waals surface area contributed by atoms with Crippen LogP contribution in [0.3, 0.4) is 0 Å². The minimum absolute atomic E-state index is 0.166. The molecule has 0 saturated heterocycles. The third-order valence-electron chi connectivity index (χ3n) is 2.11. The average molecular weight is 276 g/mol. The molecule has 0 aromatic heterocycles. The Bertz CT molecular complexity index is 557. The summed E-state index contributed by atoms with van der Waals surface area (Å²) in [5, 5.41) is 10.4. The van der Waals surface area contributed by atoms with Crippen LogP contribution in [0, 0.1) is 15.9 Å². The second-order valence-corrected chi connectivity index (χ2v) is 6.18. The molecule has 18 heavy (non-hydrogen) atoms. The molecule has 6 nitrogen and oxygen atoms in total. The zero-order chi connectivity index (χ0) is 13.9. The average Bonchev–Trinajstić information content (AvgIpc) is 2.13. The molecule has 0 radical (unpaired) electrons. The van der Waals surface area contributed by atoms with Gasteiger partial charge in [-0.05, 0) is 18.6 Å². The highest BCUT2D eigenvalue weighted by molar-refractivity contribution is 7.90. The number of halogens is 1. The standard InChI is InChI=1S/C10H13FN2O4S/c1-7(12)5-18(16,17)6-8-2-3-10(13(14)15)9(11)4-8/h2-4,7H,5-6,12H2,1H3. The number of nitro benzene ring substituents is 1. The Hall–Kier alpha value is -1.54. The number of benzene rings is 1. The Morgan fingerprint density at radius 3 is 2.56 bits per heavy atom. The first-order valence-electron chi connectivity index (χ1n) is 5.10. The first kappa shape index (κ1) is 14.5. The molecule has 0 aliphatic heterocycles. The Balaban J connectivity index is 2.94. The molecular formula is C10H13FN2O4S. The molecule has 0 spiro atoms. The number of sulfone groups is 1. The summed E-state index contributed by atoms with van der Waals surface area (Å²) in [7, 11) is -3.45. The largest absolute Gasteiger partial charge is 0.327 e. The van der Waals surface area contributed by atoms with Gasteiger partial charge in [-0.1, -0.05) is 6.07 Å². The van der Waals surface area contributed by atoms with E-state index in [-0.39, 0.29) is 17.1 Å². The molecule has 1 aromatic rings. The van der Waals surface area contributed by atoms with Crippen LogP contribution < -0.4 is 5.73 Å². The molecular weight excluding hydrogens is 263 g/mol. The van der Waals surface area contributed by atoms with Crippen molar-refractivity contribution in [2.24, 2.45) is 5.73 Å². The van der Waals surface area contributed by atoms with Crippen LogP contribution in [0.1, 0.15) is 12.5 Å². The predicted octanol–water partition coefficient (Wildman–Crippen LogP) is 0.996. The molecule has 0 aliphatic carbocycles. The lowest BCUT2D eigenvalue weighted by Crippen LogP contribution is -2.27. The predicted molar refractivity (Wildman–Crippen MR) is 64.2 cm³/mol. The van der Waals surface area contributed by atoms with E-state index < -0.39 is 32.3 Å². The highest BCUT2D eigenvalue weighted by Crippen LogP contribution is 2.19. The van der Waals surface area contributed by atoms with Crippen LogP contribution in [-0.4, -0.2) is 25.1 Å². The number of hydrogen-bond donors (Lipinski definition) is 1. The maximum Gasteiger partial charge on any atom is 0.304 e. The van der Waals surface area contributed by atoms with Crippen molar-refractivity contribution in [2.45, 2.75) is 18.7 Å².